The molecule has 4 amide bonds. The van der Waals surface area contributed by atoms with Gasteiger partial charge in [-0.05, 0) is 44.4 Å². The number of carbonyl (C=O) groups excluding carboxylic acids is 4. The molecule has 0 spiro atoms. The molecular weight excluding hydrogens is 526 g/mol. The van der Waals surface area contributed by atoms with Crippen LogP contribution in [0.1, 0.15) is 58.8 Å². The van der Waals surface area contributed by atoms with Gasteiger partial charge in [0.15, 0.2) is 11.9 Å². The van der Waals surface area contributed by atoms with E-state index >= 15 is 0 Å². The number of aliphatic imine (C=N–C) groups is 2. The van der Waals surface area contributed by atoms with Crippen LogP contribution >= 0.6 is 0 Å². The molecule has 0 fully saturated rings. The molecule has 0 bridgehead atoms. The summed E-state index contributed by atoms with van der Waals surface area (Å²) in [6, 6.07) is -4.66. The number of rotatable bonds is 20. The molecule has 0 saturated carbocycles. The molecule has 0 aliphatic rings. The molecule has 40 heavy (non-hydrogen) atoms. The van der Waals surface area contributed by atoms with Crippen molar-refractivity contribution in [2.75, 3.05) is 13.1 Å². The lowest BCUT2D eigenvalue weighted by molar-refractivity contribution is -0.142. The normalized spacial score (nSPS) is 13.7. The minimum atomic E-state index is -1.30. The van der Waals surface area contributed by atoms with Gasteiger partial charge in [-0.1, -0.05) is 13.8 Å². The Morgan fingerprint density at radius 3 is 1.55 bits per heavy atom. The van der Waals surface area contributed by atoms with Gasteiger partial charge in [-0.15, -0.1) is 0 Å². The molecule has 4 unspecified atom stereocenters. The van der Waals surface area contributed by atoms with Crippen LogP contribution in [0.5, 0.6) is 0 Å². The average molecular weight is 572 g/mol. The zero-order valence-electron chi connectivity index (χ0n) is 23.1. The van der Waals surface area contributed by atoms with Crippen LogP contribution in [0.4, 0.5) is 0 Å². The molecule has 0 aliphatic heterocycles. The van der Waals surface area contributed by atoms with Crippen LogP contribution < -0.4 is 50.4 Å². The van der Waals surface area contributed by atoms with E-state index < -0.39 is 53.8 Å². The molecule has 228 valence electrons. The lowest BCUT2D eigenvalue weighted by Crippen LogP contribution is -2.57. The maximum Gasteiger partial charge on any atom is 0.326 e. The SMILES string of the molecule is CC(C)CC(N)C(=O)NC(CCC(N)=O)C(=O)NC(CCCN=C(N)N)C(=O)NC(CCCN=C(N)N)C(=O)O. The summed E-state index contributed by atoms with van der Waals surface area (Å²) in [4.78, 5) is 69.5. The summed E-state index contributed by atoms with van der Waals surface area (Å²) in [6.45, 7) is 4.04. The number of nitrogens with zero attached hydrogens (tertiary/aromatic N) is 2. The fourth-order valence-electron chi connectivity index (χ4n) is 3.53. The fourth-order valence-corrected chi connectivity index (χ4v) is 3.53. The monoisotopic (exact) mass is 571 g/mol. The van der Waals surface area contributed by atoms with Crippen LogP contribution in [0, 0.1) is 5.92 Å². The Kier molecular flexibility index (Phi) is 17.0. The number of carboxylic acid groups (broad SMARTS) is 1. The van der Waals surface area contributed by atoms with Crippen molar-refractivity contribution in [2.24, 2.45) is 50.3 Å². The molecule has 0 radical (unpaired) electrons. The molecule has 0 rings (SSSR count). The van der Waals surface area contributed by atoms with Crippen LogP contribution in [0.25, 0.3) is 0 Å². The number of hydrogen-bond donors (Lipinski definition) is 10. The third kappa shape index (κ3) is 16.6. The summed E-state index contributed by atoms with van der Waals surface area (Å²) < 4.78 is 0. The van der Waals surface area contributed by atoms with Gasteiger partial charge >= 0.3 is 5.97 Å². The van der Waals surface area contributed by atoms with Crippen molar-refractivity contribution < 1.29 is 29.1 Å². The molecule has 0 aromatic rings. The summed E-state index contributed by atoms with van der Waals surface area (Å²) in [5, 5.41) is 17.0. The predicted molar refractivity (Wildman–Crippen MR) is 149 cm³/mol. The van der Waals surface area contributed by atoms with Gasteiger partial charge in [0.25, 0.3) is 0 Å². The summed E-state index contributed by atoms with van der Waals surface area (Å²) in [5.74, 6) is -4.38. The van der Waals surface area contributed by atoms with Gasteiger partial charge in [-0.3, -0.25) is 29.2 Å². The molecule has 17 nitrogen and oxygen atoms in total. The Balaban J connectivity index is 5.71. The smallest absolute Gasteiger partial charge is 0.326 e. The first kappa shape index (κ1) is 35.9. The second-order valence-electron chi connectivity index (χ2n) is 9.66. The molecule has 0 heterocycles. The van der Waals surface area contributed by atoms with Gasteiger partial charge in [0.2, 0.25) is 23.6 Å². The van der Waals surface area contributed by atoms with Crippen LogP contribution in [0.3, 0.4) is 0 Å². The fraction of sp³-hybridized carbons (Fsp3) is 0.696. The second-order valence-corrected chi connectivity index (χ2v) is 9.66. The van der Waals surface area contributed by atoms with E-state index in [2.05, 4.69) is 25.9 Å². The van der Waals surface area contributed by atoms with Crippen LogP contribution in [0.15, 0.2) is 9.98 Å². The molecule has 0 aromatic heterocycles. The first-order valence-corrected chi connectivity index (χ1v) is 12.9. The van der Waals surface area contributed by atoms with Gasteiger partial charge in [0, 0.05) is 19.5 Å². The van der Waals surface area contributed by atoms with Crippen LogP contribution in [0.2, 0.25) is 0 Å². The number of nitrogens with one attached hydrogen (secondary N) is 3. The minimum absolute atomic E-state index is 0.0115. The van der Waals surface area contributed by atoms with Crippen molar-refractivity contribution >= 4 is 41.5 Å². The second kappa shape index (κ2) is 19.0. The Labute approximate surface area is 233 Å². The van der Waals surface area contributed by atoms with Gasteiger partial charge in [-0.2, -0.15) is 0 Å². The van der Waals surface area contributed by atoms with E-state index in [-0.39, 0.29) is 69.5 Å². The Morgan fingerprint density at radius 2 is 1.12 bits per heavy atom. The van der Waals surface area contributed by atoms with Crippen molar-refractivity contribution in [1.82, 2.24) is 16.0 Å². The number of amides is 4. The summed E-state index contributed by atoms with van der Waals surface area (Å²) in [5.41, 5.74) is 32.3. The van der Waals surface area contributed by atoms with Gasteiger partial charge in [0.1, 0.15) is 18.1 Å². The minimum Gasteiger partial charge on any atom is -0.480 e. The first-order valence-electron chi connectivity index (χ1n) is 12.9. The van der Waals surface area contributed by atoms with E-state index in [1.54, 1.807) is 0 Å². The zero-order chi connectivity index (χ0) is 30.8. The Bertz CT molecular complexity index is 917. The number of aliphatic carboxylic acids is 1. The van der Waals surface area contributed by atoms with E-state index in [0.29, 0.717) is 6.42 Å². The molecule has 0 aromatic carbocycles. The number of hydrogen-bond acceptors (Lipinski definition) is 8. The van der Waals surface area contributed by atoms with Crippen LogP contribution in [-0.4, -0.2) is 83.9 Å². The zero-order valence-corrected chi connectivity index (χ0v) is 23.1. The van der Waals surface area contributed by atoms with E-state index in [9.17, 15) is 29.1 Å². The third-order valence-corrected chi connectivity index (χ3v) is 5.51. The number of primary amides is 1. The van der Waals surface area contributed by atoms with Gasteiger partial charge < -0.3 is 55.5 Å². The summed E-state index contributed by atoms with van der Waals surface area (Å²) in [6.07, 6.45) is 0.522. The highest BCUT2D eigenvalue weighted by molar-refractivity contribution is 5.94. The summed E-state index contributed by atoms with van der Waals surface area (Å²) in [7, 11) is 0. The predicted octanol–water partition coefficient (Wildman–Crippen LogP) is -3.73. The Morgan fingerprint density at radius 1 is 0.700 bits per heavy atom. The number of carboxylic acids is 1. The van der Waals surface area contributed by atoms with Gasteiger partial charge in [-0.25, -0.2) is 4.79 Å². The van der Waals surface area contributed by atoms with Crippen molar-refractivity contribution in [1.29, 1.82) is 0 Å². The van der Waals surface area contributed by atoms with Crippen molar-refractivity contribution in [3.8, 4) is 0 Å². The first-order chi connectivity index (χ1) is 18.6. The van der Waals surface area contributed by atoms with Crippen molar-refractivity contribution in [2.45, 2.75) is 83.0 Å². The average Bonchev–Trinajstić information content (AvgIpc) is 2.83. The lowest BCUT2D eigenvalue weighted by Gasteiger charge is -2.25. The third-order valence-electron chi connectivity index (χ3n) is 5.51. The lowest BCUT2D eigenvalue weighted by atomic mass is 10.0. The number of nitrogens with two attached hydrogens (primary N) is 6. The van der Waals surface area contributed by atoms with E-state index in [1.807, 2.05) is 13.8 Å². The maximum atomic E-state index is 13.2. The van der Waals surface area contributed by atoms with E-state index in [0.717, 1.165) is 0 Å². The molecule has 16 N–H and O–H groups in total. The van der Waals surface area contributed by atoms with Gasteiger partial charge in [0.05, 0.1) is 6.04 Å². The Hall–Kier alpha value is -4.15. The number of carbonyl (C=O) groups is 5. The molecular formula is C23H45N11O6. The van der Waals surface area contributed by atoms with E-state index in [4.69, 9.17) is 34.4 Å². The highest BCUT2D eigenvalue weighted by Gasteiger charge is 2.30. The highest BCUT2D eigenvalue weighted by Crippen LogP contribution is 2.07. The van der Waals surface area contributed by atoms with Crippen LogP contribution in [-0.2, 0) is 24.0 Å². The van der Waals surface area contributed by atoms with Crippen molar-refractivity contribution in [3.63, 3.8) is 0 Å². The summed E-state index contributed by atoms with van der Waals surface area (Å²) >= 11 is 0. The molecule has 0 aliphatic carbocycles. The maximum absolute atomic E-state index is 13.2. The highest BCUT2D eigenvalue weighted by atomic mass is 16.4. The molecule has 17 heteroatoms. The number of guanidine groups is 2. The topological polar surface area (TPSA) is 323 Å². The quantitative estimate of drug-likeness (QED) is 0.0384. The van der Waals surface area contributed by atoms with E-state index in [1.165, 1.54) is 0 Å². The molecule has 0 saturated heterocycles. The molecule has 4 atom stereocenters. The largest absolute Gasteiger partial charge is 0.480 e. The van der Waals surface area contributed by atoms with Crippen molar-refractivity contribution in [3.05, 3.63) is 0 Å². The standard InChI is InChI=1S/C23H45N11O6/c1-12(2)11-13(24)18(36)32-15(7-8-17(25)35)20(38)33-14(5-3-9-30-22(26)27)19(37)34-16(21(39)40)6-4-10-31-23(28)29/h12-16H,3-11,24H2,1-2H3,(H2,25,35)(H,32,36)(H,33,38)(H,34,37)(H,39,40)(H4,26,27,30)(H4,28,29,31).